The third-order valence-electron chi connectivity index (χ3n) is 4.97. The zero-order chi connectivity index (χ0) is 21.9. The fourth-order valence-electron chi connectivity index (χ4n) is 3.26. The summed E-state index contributed by atoms with van der Waals surface area (Å²) < 4.78 is 26.8. The van der Waals surface area contributed by atoms with Crippen molar-refractivity contribution in [3.05, 3.63) is 63.6 Å². The smallest absolute Gasteiger partial charge is 0.335 e. The second kappa shape index (κ2) is 9.34. The van der Waals surface area contributed by atoms with E-state index in [0.717, 1.165) is 0 Å². The van der Waals surface area contributed by atoms with Crippen LogP contribution in [0.4, 0.5) is 5.69 Å². The third-order valence-corrected chi connectivity index (χ3v) is 7.39. The number of aromatic carboxylic acids is 1. The lowest BCUT2D eigenvalue weighted by Gasteiger charge is -2.30. The summed E-state index contributed by atoms with van der Waals surface area (Å²) in [5, 5.41) is 12.4. The molecule has 1 amide bonds. The standard InChI is InChI=1S/C20H20Cl2N2O5S/c21-16-4-1-15(18(22)11-16)12-30(28,29)24-9-7-13(8-10-24)19(25)23-17-5-2-14(3-6-17)20(26)27/h1-6,11,13H,7-10,12H2,(H,23,25)(H,26,27). The van der Waals surface area contributed by atoms with Gasteiger partial charge in [0.05, 0.1) is 11.3 Å². The normalized spacial score (nSPS) is 15.7. The Balaban J connectivity index is 1.56. The molecule has 0 spiro atoms. The summed E-state index contributed by atoms with van der Waals surface area (Å²) in [5.41, 5.74) is 1.11. The van der Waals surface area contributed by atoms with Crippen LogP contribution in [0.25, 0.3) is 0 Å². The molecule has 1 aliphatic rings. The lowest BCUT2D eigenvalue weighted by molar-refractivity contribution is -0.120. The topological polar surface area (TPSA) is 104 Å². The van der Waals surface area contributed by atoms with Crippen molar-refractivity contribution in [1.82, 2.24) is 4.31 Å². The molecule has 0 aromatic heterocycles. The minimum Gasteiger partial charge on any atom is -0.478 e. The number of carboxylic acid groups (broad SMARTS) is 1. The Labute approximate surface area is 184 Å². The summed E-state index contributed by atoms with van der Waals surface area (Å²) in [6, 6.07) is 10.6. The van der Waals surface area contributed by atoms with Crippen LogP contribution in [0.5, 0.6) is 0 Å². The number of carbonyl (C=O) groups is 2. The van der Waals surface area contributed by atoms with Crippen LogP contribution in [0.2, 0.25) is 10.0 Å². The maximum atomic E-state index is 12.7. The van der Waals surface area contributed by atoms with Gasteiger partial charge >= 0.3 is 5.97 Å². The highest BCUT2D eigenvalue weighted by Gasteiger charge is 2.31. The summed E-state index contributed by atoms with van der Waals surface area (Å²) in [6.45, 7) is 0.479. The second-order valence-corrected chi connectivity index (χ2v) is 9.85. The first-order valence-corrected chi connectivity index (χ1v) is 11.6. The van der Waals surface area contributed by atoms with Crippen molar-refractivity contribution in [3.8, 4) is 0 Å². The van der Waals surface area contributed by atoms with Gasteiger partial charge in [-0.2, -0.15) is 0 Å². The Morgan fingerprint density at radius 1 is 1.07 bits per heavy atom. The predicted octanol–water partition coefficient (Wildman–Crippen LogP) is 3.87. The lowest BCUT2D eigenvalue weighted by Crippen LogP contribution is -2.41. The van der Waals surface area contributed by atoms with Crippen LogP contribution in [-0.2, 0) is 20.6 Å². The number of benzene rings is 2. The number of anilines is 1. The van der Waals surface area contributed by atoms with Crippen molar-refractivity contribution < 1.29 is 23.1 Å². The van der Waals surface area contributed by atoms with Crippen LogP contribution in [-0.4, -0.2) is 42.8 Å². The maximum absolute atomic E-state index is 12.7. The molecule has 0 bridgehead atoms. The molecule has 3 rings (SSSR count). The molecular formula is C20H20Cl2N2O5S. The first kappa shape index (κ1) is 22.6. The van der Waals surface area contributed by atoms with Crippen LogP contribution in [0, 0.1) is 5.92 Å². The highest BCUT2D eigenvalue weighted by molar-refractivity contribution is 7.88. The van der Waals surface area contributed by atoms with Gasteiger partial charge in [0.1, 0.15) is 0 Å². The first-order valence-electron chi connectivity index (χ1n) is 9.21. The molecule has 1 aliphatic heterocycles. The maximum Gasteiger partial charge on any atom is 0.335 e. The van der Waals surface area contributed by atoms with E-state index < -0.39 is 16.0 Å². The second-order valence-electron chi connectivity index (χ2n) is 7.04. The highest BCUT2D eigenvalue weighted by Crippen LogP contribution is 2.27. The van der Waals surface area contributed by atoms with Gasteiger partial charge in [0.15, 0.2) is 0 Å². The van der Waals surface area contributed by atoms with E-state index in [4.69, 9.17) is 28.3 Å². The van der Waals surface area contributed by atoms with Crippen LogP contribution in [0.15, 0.2) is 42.5 Å². The Bertz CT molecular complexity index is 1050. The summed E-state index contributed by atoms with van der Waals surface area (Å²) in [4.78, 5) is 23.4. The molecule has 7 nitrogen and oxygen atoms in total. The molecule has 0 atom stereocenters. The number of amides is 1. The Morgan fingerprint density at radius 3 is 2.27 bits per heavy atom. The fourth-order valence-corrected chi connectivity index (χ4v) is 5.41. The monoisotopic (exact) mass is 470 g/mol. The number of sulfonamides is 1. The van der Waals surface area contributed by atoms with Gasteiger partial charge in [-0.05, 0) is 54.8 Å². The number of halogens is 2. The first-order chi connectivity index (χ1) is 14.2. The minimum absolute atomic E-state index is 0.132. The molecule has 30 heavy (non-hydrogen) atoms. The van der Waals surface area contributed by atoms with Crippen molar-refractivity contribution >= 4 is 50.8 Å². The van der Waals surface area contributed by atoms with Gasteiger partial charge in [-0.15, -0.1) is 0 Å². The average molecular weight is 471 g/mol. The van der Waals surface area contributed by atoms with Gasteiger partial charge in [0.25, 0.3) is 0 Å². The number of nitrogens with zero attached hydrogens (tertiary/aromatic N) is 1. The van der Waals surface area contributed by atoms with E-state index in [2.05, 4.69) is 5.32 Å². The zero-order valence-corrected chi connectivity index (χ0v) is 18.2. The van der Waals surface area contributed by atoms with E-state index in [1.807, 2.05) is 0 Å². The number of piperidine rings is 1. The molecule has 1 saturated heterocycles. The Morgan fingerprint density at radius 2 is 1.70 bits per heavy atom. The van der Waals surface area contributed by atoms with Gasteiger partial charge in [0, 0.05) is 34.7 Å². The van der Waals surface area contributed by atoms with Crippen LogP contribution >= 0.6 is 23.2 Å². The van der Waals surface area contributed by atoms with Crippen molar-refractivity contribution in [3.63, 3.8) is 0 Å². The van der Waals surface area contributed by atoms with E-state index in [1.54, 1.807) is 12.1 Å². The number of hydrogen-bond acceptors (Lipinski definition) is 4. The summed E-state index contributed by atoms with van der Waals surface area (Å²) in [7, 11) is -3.57. The quantitative estimate of drug-likeness (QED) is 0.666. The molecular weight excluding hydrogens is 451 g/mol. The van der Waals surface area contributed by atoms with Gasteiger partial charge in [-0.25, -0.2) is 17.5 Å². The largest absolute Gasteiger partial charge is 0.478 e. The molecule has 0 aliphatic carbocycles. The molecule has 2 N–H and O–H groups in total. The fraction of sp³-hybridized carbons (Fsp3) is 0.300. The predicted molar refractivity (Wildman–Crippen MR) is 115 cm³/mol. The SMILES string of the molecule is O=C(O)c1ccc(NC(=O)C2CCN(S(=O)(=O)Cc3ccc(Cl)cc3Cl)CC2)cc1. The Hall–Kier alpha value is -2.13. The minimum atomic E-state index is -3.57. The van der Waals surface area contributed by atoms with Gasteiger partial charge in [-0.3, -0.25) is 4.79 Å². The molecule has 0 radical (unpaired) electrons. The summed E-state index contributed by atoms with van der Waals surface area (Å²) >= 11 is 11.9. The molecule has 1 fully saturated rings. The van der Waals surface area contributed by atoms with Gasteiger partial charge < -0.3 is 10.4 Å². The molecule has 10 heteroatoms. The summed E-state index contributed by atoms with van der Waals surface area (Å²) in [6.07, 6.45) is 0.791. The van der Waals surface area contributed by atoms with Crippen LogP contribution < -0.4 is 5.32 Å². The molecule has 2 aromatic rings. The molecule has 2 aromatic carbocycles. The van der Waals surface area contributed by atoms with Crippen LogP contribution in [0.1, 0.15) is 28.8 Å². The third kappa shape index (κ3) is 5.51. The van der Waals surface area contributed by atoms with Crippen molar-refractivity contribution in [2.24, 2.45) is 5.92 Å². The van der Waals surface area contributed by atoms with E-state index in [1.165, 1.54) is 34.6 Å². The number of hydrogen-bond donors (Lipinski definition) is 2. The Kier molecular flexibility index (Phi) is 7.02. The van der Waals surface area contributed by atoms with E-state index >= 15 is 0 Å². The van der Waals surface area contributed by atoms with E-state index in [0.29, 0.717) is 34.1 Å². The lowest BCUT2D eigenvalue weighted by atomic mass is 9.97. The van der Waals surface area contributed by atoms with Gasteiger partial charge in [0.2, 0.25) is 15.9 Å². The van der Waals surface area contributed by atoms with Crippen molar-refractivity contribution in [2.45, 2.75) is 18.6 Å². The van der Waals surface area contributed by atoms with Crippen LogP contribution in [0.3, 0.4) is 0 Å². The number of carboxylic acids is 1. The zero-order valence-electron chi connectivity index (χ0n) is 15.8. The van der Waals surface area contributed by atoms with Crippen molar-refractivity contribution in [2.75, 3.05) is 18.4 Å². The van der Waals surface area contributed by atoms with Gasteiger partial charge in [-0.1, -0.05) is 29.3 Å². The number of carbonyl (C=O) groups excluding carboxylic acids is 1. The van der Waals surface area contributed by atoms with E-state index in [9.17, 15) is 18.0 Å². The highest BCUT2D eigenvalue weighted by atomic mass is 35.5. The number of rotatable bonds is 6. The molecule has 160 valence electrons. The molecule has 0 unspecified atom stereocenters. The van der Waals surface area contributed by atoms with E-state index in [-0.39, 0.29) is 36.2 Å². The number of nitrogens with one attached hydrogen (secondary N) is 1. The summed E-state index contributed by atoms with van der Waals surface area (Å²) in [5.74, 6) is -1.80. The van der Waals surface area contributed by atoms with Crippen molar-refractivity contribution in [1.29, 1.82) is 0 Å². The average Bonchev–Trinajstić information content (AvgIpc) is 2.70. The molecule has 1 heterocycles. The molecule has 0 saturated carbocycles.